The van der Waals surface area contributed by atoms with E-state index >= 15 is 0 Å². The molecule has 41 heavy (non-hydrogen) atoms. The minimum atomic E-state index is 1.00. The second-order valence-corrected chi connectivity index (χ2v) is 8.25. The first-order chi connectivity index (χ1) is 20.3. The van der Waals surface area contributed by atoms with E-state index < -0.39 is 0 Å². The van der Waals surface area contributed by atoms with Gasteiger partial charge >= 0.3 is 0 Å². The molecule has 2 heterocycles. The Kier molecular flexibility index (Phi) is 13.4. The van der Waals surface area contributed by atoms with Gasteiger partial charge in [-0.25, -0.2) is 0 Å². The van der Waals surface area contributed by atoms with Gasteiger partial charge in [0.25, 0.3) is 0 Å². The molecule has 2 aromatic heterocycles. The van der Waals surface area contributed by atoms with Crippen LogP contribution in [0.15, 0.2) is 110 Å². The van der Waals surface area contributed by atoms with Crippen LogP contribution in [0.2, 0.25) is 0 Å². The van der Waals surface area contributed by atoms with Crippen LogP contribution in [0.4, 0.5) is 0 Å². The third-order valence-electron chi connectivity index (χ3n) is 6.40. The number of hydrogen-bond acceptors (Lipinski definition) is 1. The second-order valence-electron chi connectivity index (χ2n) is 8.25. The molecular weight excluding hydrogens is 500 g/mol. The maximum absolute atomic E-state index is 7.00. The first kappa shape index (κ1) is 32.9. The summed E-state index contributed by atoms with van der Waals surface area (Å²) >= 11 is 0. The Morgan fingerprint density at radius 3 is 1.44 bits per heavy atom. The molecule has 0 aliphatic heterocycles. The molecule has 3 nitrogen and oxygen atoms in total. The largest absolute Gasteiger partial charge is 0.400 e. The molecule has 0 spiro atoms. The fourth-order valence-electron chi connectivity index (χ4n) is 5.08. The Balaban J connectivity index is 0.000000679. The molecule has 214 valence electrons. The smallest absolute Gasteiger partial charge is 0.0541 e. The summed E-state index contributed by atoms with van der Waals surface area (Å²) in [6.07, 6.45) is 6.22. The highest BCUT2D eigenvalue weighted by Gasteiger charge is 2.16. The zero-order valence-corrected chi connectivity index (χ0v) is 26.0. The first-order valence-electron chi connectivity index (χ1n) is 14.7. The molecule has 0 atom stereocenters. The topological polar surface area (TPSA) is 30.1 Å². The molecule has 0 saturated heterocycles. The number of benzene rings is 4. The molecule has 0 radical (unpaired) electrons. The van der Waals surface area contributed by atoms with E-state index in [0.717, 1.165) is 24.2 Å². The van der Waals surface area contributed by atoms with Crippen molar-refractivity contribution in [1.82, 2.24) is 9.13 Å². The average Bonchev–Trinajstić information content (AvgIpc) is 3.58. The number of para-hydroxylation sites is 3. The van der Waals surface area contributed by atoms with Crippen molar-refractivity contribution in [3.05, 3.63) is 121 Å². The molecule has 6 rings (SSSR count). The number of nitrogens with zero attached hydrogens (tertiary/aromatic N) is 2. The zero-order valence-electron chi connectivity index (χ0n) is 26.0. The Morgan fingerprint density at radius 1 is 0.561 bits per heavy atom. The zero-order chi connectivity index (χ0) is 30.4. The Bertz CT molecular complexity index is 1650. The van der Waals surface area contributed by atoms with Gasteiger partial charge in [0, 0.05) is 40.2 Å². The highest BCUT2D eigenvalue weighted by atomic mass is 16.2. The van der Waals surface area contributed by atoms with Crippen LogP contribution in [0.1, 0.15) is 59.7 Å². The monoisotopic (exact) mass is 546 g/mol. The van der Waals surface area contributed by atoms with Crippen LogP contribution in [0.5, 0.6) is 0 Å². The van der Waals surface area contributed by atoms with Gasteiger partial charge in [0.05, 0.1) is 22.2 Å². The van der Waals surface area contributed by atoms with Crippen LogP contribution in [-0.4, -0.2) is 21.4 Å². The lowest BCUT2D eigenvalue weighted by Gasteiger charge is -2.13. The van der Waals surface area contributed by atoms with Crippen LogP contribution < -0.4 is 0 Å². The van der Waals surface area contributed by atoms with Crippen LogP contribution >= 0.6 is 0 Å². The number of hydrogen-bond donors (Lipinski definition) is 1. The van der Waals surface area contributed by atoms with E-state index in [0.29, 0.717) is 0 Å². The van der Waals surface area contributed by atoms with Crippen LogP contribution in [0, 0.1) is 0 Å². The summed E-state index contributed by atoms with van der Waals surface area (Å²) in [5.41, 5.74) is 8.18. The van der Waals surface area contributed by atoms with Crippen LogP contribution in [-0.2, 0) is 0 Å². The molecule has 4 aromatic carbocycles. The van der Waals surface area contributed by atoms with Crippen molar-refractivity contribution in [1.29, 1.82) is 0 Å². The normalized spacial score (nSPS) is 10.1. The van der Waals surface area contributed by atoms with E-state index in [1.54, 1.807) is 0 Å². The van der Waals surface area contributed by atoms with Crippen molar-refractivity contribution in [3.8, 4) is 11.4 Å². The van der Waals surface area contributed by atoms with Crippen molar-refractivity contribution < 1.29 is 5.11 Å². The van der Waals surface area contributed by atoms with Crippen molar-refractivity contribution in [2.45, 2.75) is 48.5 Å². The van der Waals surface area contributed by atoms with E-state index in [1.807, 2.05) is 47.6 Å². The molecule has 0 unspecified atom stereocenters. The molecular formula is C38H46N2O. The molecule has 1 N–H and O–H groups in total. The maximum Gasteiger partial charge on any atom is 0.0541 e. The van der Waals surface area contributed by atoms with E-state index in [9.17, 15) is 0 Å². The summed E-state index contributed by atoms with van der Waals surface area (Å²) < 4.78 is 4.68. The number of aliphatic hydroxyl groups is 1. The molecule has 6 aromatic rings. The number of fused-ring (bicyclic) bond motifs is 4. The second kappa shape index (κ2) is 16.7. The molecule has 0 bridgehead atoms. The van der Waals surface area contributed by atoms with Crippen LogP contribution in [0.3, 0.4) is 0 Å². The third kappa shape index (κ3) is 6.37. The number of allylic oxidation sites excluding steroid dienone is 1. The fraction of sp³-hybridized carbons (Fsp3) is 0.211. The van der Waals surface area contributed by atoms with Gasteiger partial charge < -0.3 is 14.2 Å². The highest BCUT2D eigenvalue weighted by Crippen LogP contribution is 2.35. The van der Waals surface area contributed by atoms with Gasteiger partial charge in [0.2, 0.25) is 0 Å². The van der Waals surface area contributed by atoms with Gasteiger partial charge in [0.1, 0.15) is 0 Å². The fourth-order valence-corrected chi connectivity index (χ4v) is 5.08. The van der Waals surface area contributed by atoms with Crippen LogP contribution in [0.25, 0.3) is 56.2 Å². The SMILES string of the molecule is C=Cc1c(/C=C\C)c2ccccc2n1-c1cccc(-n2c3ccccc3c3ccccc32)c1.CC.CC.CC.CO. The van der Waals surface area contributed by atoms with Gasteiger partial charge in [-0.1, -0.05) is 121 Å². The van der Waals surface area contributed by atoms with Crippen molar-refractivity contribution in [2.75, 3.05) is 7.11 Å². The van der Waals surface area contributed by atoms with Gasteiger partial charge in [-0.05, 0) is 49.4 Å². The van der Waals surface area contributed by atoms with E-state index in [4.69, 9.17) is 5.11 Å². The predicted molar refractivity (Wildman–Crippen MR) is 185 cm³/mol. The minimum absolute atomic E-state index is 1.00. The van der Waals surface area contributed by atoms with Crippen molar-refractivity contribution in [2.24, 2.45) is 0 Å². The summed E-state index contributed by atoms with van der Waals surface area (Å²) in [5.74, 6) is 0. The van der Waals surface area contributed by atoms with Crippen molar-refractivity contribution >= 4 is 44.9 Å². The molecule has 0 fully saturated rings. The number of aliphatic hydroxyl groups excluding tert-OH is 1. The van der Waals surface area contributed by atoms with Gasteiger partial charge in [-0.3, -0.25) is 0 Å². The van der Waals surface area contributed by atoms with Crippen molar-refractivity contribution in [3.63, 3.8) is 0 Å². The average molecular weight is 547 g/mol. The Morgan fingerprint density at radius 2 is 0.976 bits per heavy atom. The first-order valence-corrected chi connectivity index (χ1v) is 14.7. The summed E-state index contributed by atoms with van der Waals surface area (Å²) in [6, 6.07) is 34.6. The van der Waals surface area contributed by atoms with E-state index in [-0.39, 0.29) is 0 Å². The summed E-state index contributed by atoms with van der Waals surface area (Å²) in [6.45, 7) is 18.2. The lowest BCUT2D eigenvalue weighted by Crippen LogP contribution is -2.00. The lowest BCUT2D eigenvalue weighted by molar-refractivity contribution is 0.399. The molecule has 0 aliphatic carbocycles. The third-order valence-corrected chi connectivity index (χ3v) is 6.40. The standard InChI is InChI=1S/C31H24N2.3C2H6.CH4O/c1-3-12-24-25-15-5-8-18-29(25)32(28(24)4-2)22-13-11-14-23(21-22)33-30-19-9-6-16-26(30)27-17-7-10-20-31(27)33;4*1-2/h3-21H,2H2,1H3;3*1-2H3;2H,1H3/b12-3-;;;;. The number of aromatic nitrogens is 2. The maximum atomic E-state index is 7.00. The Labute approximate surface area is 246 Å². The Hall–Kier alpha value is -4.34. The van der Waals surface area contributed by atoms with Gasteiger partial charge in [-0.15, -0.1) is 0 Å². The molecule has 0 aliphatic rings. The highest BCUT2D eigenvalue weighted by molar-refractivity contribution is 6.09. The molecule has 0 amide bonds. The van der Waals surface area contributed by atoms with Gasteiger partial charge in [0.15, 0.2) is 0 Å². The number of rotatable bonds is 4. The quantitative estimate of drug-likeness (QED) is 0.234. The minimum Gasteiger partial charge on any atom is -0.400 e. The van der Waals surface area contributed by atoms with Gasteiger partial charge in [-0.2, -0.15) is 0 Å². The molecule has 3 heteroatoms. The lowest BCUT2D eigenvalue weighted by atomic mass is 10.1. The molecule has 0 saturated carbocycles. The van der Waals surface area contributed by atoms with E-state index in [1.165, 1.54) is 38.3 Å². The summed E-state index contributed by atoms with van der Waals surface area (Å²) in [5, 5.41) is 10.8. The summed E-state index contributed by atoms with van der Waals surface area (Å²) in [4.78, 5) is 0. The summed E-state index contributed by atoms with van der Waals surface area (Å²) in [7, 11) is 1.00. The predicted octanol–water partition coefficient (Wildman–Crippen LogP) is 11.1. The van der Waals surface area contributed by atoms with E-state index in [2.05, 4.69) is 132 Å².